The summed E-state index contributed by atoms with van der Waals surface area (Å²) < 4.78 is 4.51. The molecule has 2 N–H and O–H groups in total. The minimum absolute atomic E-state index is 0.142. The van der Waals surface area contributed by atoms with Crippen molar-refractivity contribution in [1.29, 1.82) is 0 Å². The van der Waals surface area contributed by atoms with Crippen molar-refractivity contribution in [2.45, 2.75) is 6.42 Å². The molecule has 88 valence electrons. The summed E-state index contributed by atoms with van der Waals surface area (Å²) in [5, 5.41) is 16.9. The van der Waals surface area contributed by atoms with Gasteiger partial charge in [0, 0.05) is 6.61 Å². The van der Waals surface area contributed by atoms with Gasteiger partial charge < -0.3 is 14.9 Å². The van der Waals surface area contributed by atoms with Gasteiger partial charge in [-0.15, -0.1) is 0 Å². The molecule has 6 heteroatoms. The molecule has 6 nitrogen and oxygen atoms in total. The normalized spacial score (nSPS) is 10.7. The second-order valence-electron chi connectivity index (χ2n) is 2.77. The summed E-state index contributed by atoms with van der Waals surface area (Å²) >= 11 is 0. The van der Waals surface area contributed by atoms with Gasteiger partial charge in [-0.25, -0.2) is 9.59 Å². The van der Waals surface area contributed by atoms with Crippen LogP contribution in [0.2, 0.25) is 0 Å². The van der Waals surface area contributed by atoms with Crippen LogP contribution >= 0.6 is 0 Å². The molecule has 0 rings (SSSR count). The second-order valence-corrected chi connectivity index (χ2v) is 2.77. The molecule has 0 aromatic carbocycles. The van der Waals surface area contributed by atoms with Crippen LogP contribution in [-0.2, 0) is 19.1 Å². The Morgan fingerprint density at radius 3 is 2.44 bits per heavy atom. The highest BCUT2D eigenvalue weighted by Gasteiger charge is 2.12. The molecule has 0 amide bonds. The monoisotopic (exact) mass is 228 g/mol. The van der Waals surface area contributed by atoms with Gasteiger partial charge in [-0.3, -0.25) is 4.79 Å². The molecule has 0 saturated heterocycles. The van der Waals surface area contributed by atoms with E-state index in [2.05, 4.69) is 11.3 Å². The average Bonchev–Trinajstić information content (AvgIpc) is 2.26. The molecule has 0 aliphatic heterocycles. The number of esters is 1. The first kappa shape index (κ1) is 14.1. The predicted molar refractivity (Wildman–Crippen MR) is 53.6 cm³/mol. The lowest BCUT2D eigenvalue weighted by Crippen LogP contribution is -2.14. The van der Waals surface area contributed by atoms with Crippen molar-refractivity contribution in [3.05, 3.63) is 23.8 Å². The fraction of sp³-hybridized carbons (Fsp3) is 0.300. The summed E-state index contributed by atoms with van der Waals surface area (Å²) in [6, 6.07) is 0. The maximum absolute atomic E-state index is 11.2. The Bertz CT molecular complexity index is 328. The van der Waals surface area contributed by atoms with Crippen LogP contribution in [0.1, 0.15) is 6.42 Å². The van der Waals surface area contributed by atoms with E-state index in [0.29, 0.717) is 0 Å². The van der Waals surface area contributed by atoms with Crippen molar-refractivity contribution in [1.82, 2.24) is 0 Å². The first-order valence-corrected chi connectivity index (χ1v) is 4.37. The van der Waals surface area contributed by atoms with Gasteiger partial charge in [0.25, 0.3) is 0 Å². The van der Waals surface area contributed by atoms with E-state index in [0.717, 1.165) is 0 Å². The van der Waals surface area contributed by atoms with Crippen LogP contribution in [0.3, 0.4) is 0 Å². The number of aliphatic carboxylic acids is 1. The molecule has 0 aromatic heterocycles. The molecule has 0 aliphatic rings. The Morgan fingerprint density at radius 2 is 2.00 bits per heavy atom. The van der Waals surface area contributed by atoms with Crippen molar-refractivity contribution >= 4 is 18.2 Å². The quantitative estimate of drug-likeness (QED) is 0.203. The lowest BCUT2D eigenvalue weighted by atomic mass is 10.2. The van der Waals surface area contributed by atoms with Gasteiger partial charge in [-0.05, 0) is 6.42 Å². The zero-order valence-electron chi connectivity index (χ0n) is 8.51. The van der Waals surface area contributed by atoms with Gasteiger partial charge in [0.15, 0.2) is 6.29 Å². The topological polar surface area (TPSA) is 101 Å². The molecule has 0 unspecified atom stereocenters. The molecular formula is C10H12O6. The summed E-state index contributed by atoms with van der Waals surface area (Å²) in [6.07, 6.45) is 1.63. The standard InChI is InChI=1S/C10H12O6/c1-7(9(13)14)6-16-10(15)8(5-12)3-2-4-11/h3,5,11H,1-2,4,6H2,(H,13,14). The van der Waals surface area contributed by atoms with Crippen molar-refractivity contribution in [3.8, 4) is 0 Å². The first-order valence-electron chi connectivity index (χ1n) is 4.37. The number of aliphatic hydroxyl groups is 1. The SMILES string of the molecule is C=C(COC(=O)C(C=O)=CCCO)C(=O)O. The number of ether oxygens (including phenoxy) is 1. The molecule has 0 aliphatic carbocycles. The van der Waals surface area contributed by atoms with Crippen LogP contribution in [-0.4, -0.2) is 41.7 Å². The fourth-order valence-electron chi connectivity index (χ4n) is 0.697. The van der Waals surface area contributed by atoms with Crippen molar-refractivity contribution in [2.24, 2.45) is 0 Å². The summed E-state index contributed by atoms with van der Waals surface area (Å²) in [6.45, 7) is 2.46. The lowest BCUT2D eigenvalue weighted by Gasteiger charge is -2.03. The number of hydrogen-bond donors (Lipinski definition) is 2. The van der Waals surface area contributed by atoms with Gasteiger partial charge in [0.05, 0.1) is 11.1 Å². The molecular weight excluding hydrogens is 216 g/mol. The van der Waals surface area contributed by atoms with E-state index >= 15 is 0 Å². The minimum Gasteiger partial charge on any atom is -0.478 e. The highest BCUT2D eigenvalue weighted by atomic mass is 16.5. The van der Waals surface area contributed by atoms with E-state index in [-0.39, 0.29) is 30.5 Å². The molecule has 0 fully saturated rings. The molecule has 0 spiro atoms. The summed E-state index contributed by atoms with van der Waals surface area (Å²) in [5.74, 6) is -2.22. The Morgan fingerprint density at radius 1 is 1.38 bits per heavy atom. The van der Waals surface area contributed by atoms with Crippen LogP contribution < -0.4 is 0 Å². The number of aliphatic hydroxyl groups excluding tert-OH is 1. The Labute approximate surface area is 91.8 Å². The summed E-state index contributed by atoms with van der Waals surface area (Å²) in [4.78, 5) is 31.9. The molecule has 0 aromatic rings. The maximum Gasteiger partial charge on any atom is 0.341 e. The van der Waals surface area contributed by atoms with Crippen LogP contribution in [0, 0.1) is 0 Å². The van der Waals surface area contributed by atoms with Crippen LogP contribution in [0.15, 0.2) is 23.8 Å². The number of carboxylic acids is 1. The van der Waals surface area contributed by atoms with E-state index in [9.17, 15) is 14.4 Å². The Balaban J connectivity index is 4.28. The molecule has 0 atom stereocenters. The third kappa shape index (κ3) is 5.06. The third-order valence-corrected chi connectivity index (χ3v) is 1.54. The smallest absolute Gasteiger partial charge is 0.341 e. The maximum atomic E-state index is 11.2. The minimum atomic E-state index is -1.28. The van der Waals surface area contributed by atoms with Gasteiger partial charge in [0.2, 0.25) is 0 Å². The predicted octanol–water partition coefficient (Wildman–Crippen LogP) is -0.322. The van der Waals surface area contributed by atoms with E-state index in [1.165, 1.54) is 6.08 Å². The largest absolute Gasteiger partial charge is 0.478 e. The van der Waals surface area contributed by atoms with Crippen LogP contribution in [0.25, 0.3) is 0 Å². The Kier molecular flexibility index (Phi) is 6.46. The molecule has 16 heavy (non-hydrogen) atoms. The Hall–Kier alpha value is -1.95. The molecule has 0 saturated carbocycles. The van der Waals surface area contributed by atoms with Crippen molar-refractivity contribution in [3.63, 3.8) is 0 Å². The van der Waals surface area contributed by atoms with E-state index in [1.807, 2.05) is 0 Å². The van der Waals surface area contributed by atoms with E-state index in [1.54, 1.807) is 0 Å². The van der Waals surface area contributed by atoms with Crippen molar-refractivity contribution in [2.75, 3.05) is 13.2 Å². The van der Waals surface area contributed by atoms with Crippen LogP contribution in [0.4, 0.5) is 0 Å². The molecule has 0 radical (unpaired) electrons. The lowest BCUT2D eigenvalue weighted by molar-refractivity contribution is -0.140. The highest BCUT2D eigenvalue weighted by molar-refractivity contribution is 6.07. The highest BCUT2D eigenvalue weighted by Crippen LogP contribution is 1.99. The number of carbonyl (C=O) groups is 3. The fourth-order valence-corrected chi connectivity index (χ4v) is 0.697. The number of rotatable bonds is 7. The number of carboxylic acid groups (broad SMARTS) is 1. The zero-order chi connectivity index (χ0) is 12.6. The van der Waals surface area contributed by atoms with Gasteiger partial charge in [-0.1, -0.05) is 12.7 Å². The number of aldehydes is 1. The van der Waals surface area contributed by atoms with E-state index in [4.69, 9.17) is 10.2 Å². The molecule has 0 bridgehead atoms. The van der Waals surface area contributed by atoms with Gasteiger partial charge in [0.1, 0.15) is 6.61 Å². The second kappa shape index (κ2) is 7.36. The van der Waals surface area contributed by atoms with Gasteiger partial charge >= 0.3 is 11.9 Å². The number of carbonyl (C=O) groups excluding carboxylic acids is 2. The average molecular weight is 228 g/mol. The molecule has 0 heterocycles. The van der Waals surface area contributed by atoms with E-state index < -0.39 is 18.5 Å². The van der Waals surface area contributed by atoms with Crippen molar-refractivity contribution < 1.29 is 29.3 Å². The first-order chi connectivity index (χ1) is 7.52. The zero-order valence-corrected chi connectivity index (χ0v) is 8.51. The van der Waals surface area contributed by atoms with Crippen LogP contribution in [0.5, 0.6) is 0 Å². The number of hydrogen-bond acceptors (Lipinski definition) is 5. The third-order valence-electron chi connectivity index (χ3n) is 1.54. The summed E-state index contributed by atoms with van der Waals surface area (Å²) in [5.41, 5.74) is -0.548. The van der Waals surface area contributed by atoms with Gasteiger partial charge in [-0.2, -0.15) is 0 Å². The summed E-state index contributed by atoms with van der Waals surface area (Å²) in [7, 11) is 0.